The predicted octanol–water partition coefficient (Wildman–Crippen LogP) is 0.553. The quantitative estimate of drug-likeness (QED) is 0.769. The summed E-state index contributed by atoms with van der Waals surface area (Å²) in [7, 11) is 0. The van der Waals surface area contributed by atoms with Crippen LogP contribution in [-0.2, 0) is 5.54 Å². The third-order valence-electron chi connectivity index (χ3n) is 2.58. The fraction of sp³-hybridized carbons (Fsp3) is 0.500. The third kappa shape index (κ3) is 1.99. The number of aromatic amines is 1. The van der Waals surface area contributed by atoms with Crippen LogP contribution in [0.15, 0.2) is 15.8 Å². The molecule has 80 valence electrons. The Morgan fingerprint density at radius 2 is 2.13 bits per heavy atom. The lowest BCUT2D eigenvalue weighted by atomic mass is 10.0. The lowest BCUT2D eigenvalue weighted by molar-refractivity contribution is 0.325. The van der Waals surface area contributed by atoms with E-state index in [1.165, 1.54) is 10.8 Å². The number of hydrogen-bond donors (Lipinski definition) is 1. The average molecular weight is 207 g/mol. The van der Waals surface area contributed by atoms with Gasteiger partial charge in [-0.05, 0) is 20.3 Å². The highest BCUT2D eigenvalue weighted by atomic mass is 16.2. The van der Waals surface area contributed by atoms with Gasteiger partial charge in [-0.1, -0.05) is 6.92 Å². The molecule has 0 amide bonds. The summed E-state index contributed by atoms with van der Waals surface area (Å²) in [4.78, 5) is 24.8. The number of aromatic nitrogens is 2. The first-order chi connectivity index (χ1) is 6.92. The van der Waals surface area contributed by atoms with Crippen molar-refractivity contribution in [1.82, 2.24) is 9.55 Å². The SMILES string of the molecule is CCC(C)(C)n1cc(C#N)c(=O)[nH]c1=O. The first kappa shape index (κ1) is 11.2. The summed E-state index contributed by atoms with van der Waals surface area (Å²) < 4.78 is 1.38. The molecule has 0 atom stereocenters. The maximum Gasteiger partial charge on any atom is 0.328 e. The number of nitrogens with one attached hydrogen (secondary N) is 1. The predicted molar refractivity (Wildman–Crippen MR) is 55.7 cm³/mol. The van der Waals surface area contributed by atoms with Crippen LogP contribution in [0.3, 0.4) is 0 Å². The Labute approximate surface area is 87.0 Å². The van der Waals surface area contributed by atoms with Gasteiger partial charge in [-0.25, -0.2) is 4.79 Å². The average Bonchev–Trinajstić information content (AvgIpc) is 2.17. The van der Waals surface area contributed by atoms with Gasteiger partial charge < -0.3 is 0 Å². The van der Waals surface area contributed by atoms with E-state index in [0.717, 1.165) is 6.42 Å². The molecule has 0 aliphatic carbocycles. The summed E-state index contributed by atoms with van der Waals surface area (Å²) in [5, 5.41) is 8.69. The molecule has 1 aromatic heterocycles. The Bertz CT molecular complexity index is 517. The molecular formula is C10H13N3O2. The summed E-state index contributed by atoms with van der Waals surface area (Å²) in [6.45, 7) is 5.67. The van der Waals surface area contributed by atoms with E-state index in [0.29, 0.717) is 0 Å². The van der Waals surface area contributed by atoms with Crippen molar-refractivity contribution < 1.29 is 0 Å². The van der Waals surface area contributed by atoms with Gasteiger partial charge in [-0.2, -0.15) is 5.26 Å². The fourth-order valence-electron chi connectivity index (χ4n) is 1.17. The Morgan fingerprint density at radius 3 is 2.60 bits per heavy atom. The van der Waals surface area contributed by atoms with E-state index in [2.05, 4.69) is 4.98 Å². The van der Waals surface area contributed by atoms with Crippen LogP contribution in [0.4, 0.5) is 0 Å². The van der Waals surface area contributed by atoms with Crippen molar-refractivity contribution in [3.05, 3.63) is 32.6 Å². The van der Waals surface area contributed by atoms with E-state index in [9.17, 15) is 9.59 Å². The zero-order chi connectivity index (χ0) is 11.6. The van der Waals surface area contributed by atoms with Crippen molar-refractivity contribution >= 4 is 0 Å². The van der Waals surface area contributed by atoms with Gasteiger partial charge in [0.15, 0.2) is 0 Å². The molecule has 0 aliphatic rings. The second kappa shape index (κ2) is 3.73. The van der Waals surface area contributed by atoms with Gasteiger partial charge in [0.2, 0.25) is 0 Å². The molecule has 5 heteroatoms. The van der Waals surface area contributed by atoms with Crippen LogP contribution in [0.1, 0.15) is 32.8 Å². The topological polar surface area (TPSA) is 78.7 Å². The minimum atomic E-state index is -0.634. The fourth-order valence-corrected chi connectivity index (χ4v) is 1.17. The molecule has 0 aliphatic heterocycles. The molecule has 5 nitrogen and oxygen atoms in total. The van der Waals surface area contributed by atoms with E-state index >= 15 is 0 Å². The maximum absolute atomic E-state index is 11.5. The van der Waals surface area contributed by atoms with E-state index in [1.807, 2.05) is 20.8 Å². The number of H-pyrrole nitrogens is 1. The molecule has 1 heterocycles. The Kier molecular flexibility index (Phi) is 2.80. The smallest absolute Gasteiger partial charge is 0.294 e. The zero-order valence-corrected chi connectivity index (χ0v) is 9.00. The third-order valence-corrected chi connectivity index (χ3v) is 2.58. The van der Waals surface area contributed by atoms with E-state index in [1.54, 1.807) is 6.07 Å². The Balaban J connectivity index is 3.53. The highest BCUT2D eigenvalue weighted by molar-refractivity contribution is 5.22. The largest absolute Gasteiger partial charge is 0.328 e. The first-order valence-electron chi connectivity index (χ1n) is 4.69. The van der Waals surface area contributed by atoms with Crippen LogP contribution in [0.2, 0.25) is 0 Å². The molecular weight excluding hydrogens is 194 g/mol. The van der Waals surface area contributed by atoms with Gasteiger partial charge in [-0.15, -0.1) is 0 Å². The molecule has 0 bridgehead atoms. The normalized spacial score (nSPS) is 11.1. The summed E-state index contributed by atoms with van der Waals surface area (Å²) in [5.74, 6) is 0. The van der Waals surface area contributed by atoms with Crippen molar-refractivity contribution in [2.24, 2.45) is 0 Å². The van der Waals surface area contributed by atoms with Crippen LogP contribution in [0.25, 0.3) is 0 Å². The van der Waals surface area contributed by atoms with Crippen molar-refractivity contribution in [1.29, 1.82) is 5.26 Å². The van der Waals surface area contributed by atoms with Crippen LogP contribution < -0.4 is 11.2 Å². The van der Waals surface area contributed by atoms with E-state index < -0.39 is 16.8 Å². The van der Waals surface area contributed by atoms with Gasteiger partial charge in [0.05, 0.1) is 0 Å². The van der Waals surface area contributed by atoms with Crippen molar-refractivity contribution in [2.75, 3.05) is 0 Å². The van der Waals surface area contributed by atoms with Gasteiger partial charge in [0.25, 0.3) is 5.56 Å². The Hall–Kier alpha value is -1.83. The molecule has 1 N–H and O–H groups in total. The molecule has 1 rings (SSSR count). The molecule has 0 unspecified atom stereocenters. The minimum absolute atomic E-state index is 0.0453. The van der Waals surface area contributed by atoms with E-state index in [-0.39, 0.29) is 5.56 Å². The van der Waals surface area contributed by atoms with E-state index in [4.69, 9.17) is 5.26 Å². The molecule has 0 radical (unpaired) electrons. The van der Waals surface area contributed by atoms with Crippen LogP contribution in [-0.4, -0.2) is 9.55 Å². The van der Waals surface area contributed by atoms with Crippen LogP contribution >= 0.6 is 0 Å². The van der Waals surface area contributed by atoms with Crippen molar-refractivity contribution in [2.45, 2.75) is 32.7 Å². The second-order valence-corrected chi connectivity index (χ2v) is 3.95. The molecule has 0 aromatic carbocycles. The van der Waals surface area contributed by atoms with Gasteiger partial charge in [0.1, 0.15) is 11.6 Å². The standard InChI is InChI=1S/C10H13N3O2/c1-4-10(2,3)13-6-7(5-11)8(14)12-9(13)15/h6H,4H2,1-3H3,(H,12,14,15). The zero-order valence-electron chi connectivity index (χ0n) is 9.00. The lowest BCUT2D eigenvalue weighted by Gasteiger charge is -2.25. The van der Waals surface area contributed by atoms with Gasteiger partial charge in [-0.3, -0.25) is 14.3 Å². The summed E-state index contributed by atoms with van der Waals surface area (Å²) in [6, 6.07) is 1.76. The highest BCUT2D eigenvalue weighted by Gasteiger charge is 2.20. The number of rotatable bonds is 2. The van der Waals surface area contributed by atoms with Crippen molar-refractivity contribution in [3.63, 3.8) is 0 Å². The summed E-state index contributed by atoms with van der Waals surface area (Å²) >= 11 is 0. The van der Waals surface area contributed by atoms with Crippen LogP contribution in [0, 0.1) is 11.3 Å². The number of hydrogen-bond acceptors (Lipinski definition) is 3. The Morgan fingerprint density at radius 1 is 1.53 bits per heavy atom. The lowest BCUT2D eigenvalue weighted by Crippen LogP contribution is -2.40. The molecule has 0 saturated heterocycles. The number of nitrogens with zero attached hydrogens (tertiary/aromatic N) is 2. The minimum Gasteiger partial charge on any atom is -0.294 e. The monoisotopic (exact) mass is 207 g/mol. The molecule has 0 saturated carbocycles. The second-order valence-electron chi connectivity index (χ2n) is 3.95. The van der Waals surface area contributed by atoms with Crippen LogP contribution in [0.5, 0.6) is 0 Å². The summed E-state index contributed by atoms with van der Waals surface area (Å²) in [5.41, 5.74) is -1.57. The van der Waals surface area contributed by atoms with Gasteiger partial charge in [0, 0.05) is 11.7 Å². The summed E-state index contributed by atoms with van der Waals surface area (Å²) in [6.07, 6.45) is 2.04. The van der Waals surface area contributed by atoms with Crippen molar-refractivity contribution in [3.8, 4) is 6.07 Å². The molecule has 0 fully saturated rings. The molecule has 1 aromatic rings. The molecule has 0 spiro atoms. The molecule has 15 heavy (non-hydrogen) atoms. The number of nitriles is 1. The van der Waals surface area contributed by atoms with Gasteiger partial charge >= 0.3 is 5.69 Å². The first-order valence-corrected chi connectivity index (χ1v) is 4.69. The maximum atomic E-state index is 11.5. The highest BCUT2D eigenvalue weighted by Crippen LogP contribution is 2.15.